The first-order valence-electron chi connectivity index (χ1n) is 12.1. The molecule has 6 rings (SSSR count). The lowest BCUT2D eigenvalue weighted by molar-refractivity contribution is 0.0751. The third-order valence-corrected chi connectivity index (χ3v) is 7.82. The van der Waals surface area contributed by atoms with Gasteiger partial charge in [0.25, 0.3) is 11.8 Å². The van der Waals surface area contributed by atoms with Crippen molar-refractivity contribution >= 4 is 46.3 Å². The lowest BCUT2D eigenvalue weighted by Gasteiger charge is -2.36. The van der Waals surface area contributed by atoms with Crippen LogP contribution in [0.3, 0.4) is 0 Å². The predicted molar refractivity (Wildman–Crippen MR) is 148 cm³/mol. The Morgan fingerprint density at radius 3 is 2.61 bits per heavy atom. The van der Waals surface area contributed by atoms with Gasteiger partial charge < -0.3 is 24.6 Å². The number of carbonyl (C=O) groups excluding carboxylic acids is 2. The smallest absolute Gasteiger partial charge is 0.264 e. The number of anilines is 2. The molecule has 1 N–H and O–H groups in total. The number of fused-ring (bicyclic) bond motifs is 1. The summed E-state index contributed by atoms with van der Waals surface area (Å²) in [6, 6.07) is 20.2. The Morgan fingerprint density at radius 1 is 0.921 bits per heavy atom. The van der Waals surface area contributed by atoms with Crippen molar-refractivity contribution in [3.8, 4) is 21.9 Å². The molecular formula is C28H23ClN4O4S. The van der Waals surface area contributed by atoms with Crippen LogP contribution in [0, 0.1) is 0 Å². The fourth-order valence-electron chi connectivity index (χ4n) is 4.51. The molecule has 4 heterocycles. The van der Waals surface area contributed by atoms with Gasteiger partial charge in [0.1, 0.15) is 0 Å². The second-order valence-corrected chi connectivity index (χ2v) is 10.4. The molecule has 2 amide bonds. The molecular weight excluding hydrogens is 524 g/mol. The Hall–Kier alpha value is -4.08. The number of hydrogen-bond donors (Lipinski definition) is 1. The van der Waals surface area contributed by atoms with Gasteiger partial charge in [-0.05, 0) is 60.2 Å². The van der Waals surface area contributed by atoms with Gasteiger partial charge in [0.15, 0.2) is 17.3 Å². The number of nitrogens with zero attached hydrogens (tertiary/aromatic N) is 3. The van der Waals surface area contributed by atoms with Crippen LogP contribution in [0.25, 0.3) is 10.4 Å². The number of aromatic nitrogens is 1. The van der Waals surface area contributed by atoms with Crippen LogP contribution in [0.5, 0.6) is 11.5 Å². The van der Waals surface area contributed by atoms with E-state index in [4.69, 9.17) is 21.1 Å². The molecule has 0 aliphatic carbocycles. The molecule has 0 spiro atoms. The molecule has 38 heavy (non-hydrogen) atoms. The zero-order chi connectivity index (χ0) is 26.1. The molecule has 1 saturated heterocycles. The first-order valence-corrected chi connectivity index (χ1v) is 13.3. The maximum absolute atomic E-state index is 13.2. The highest BCUT2D eigenvalue weighted by Gasteiger charge is 2.26. The lowest BCUT2D eigenvalue weighted by atomic mass is 10.2. The van der Waals surface area contributed by atoms with Crippen LogP contribution in [-0.2, 0) is 0 Å². The van der Waals surface area contributed by atoms with Crippen LogP contribution < -0.4 is 19.7 Å². The standard InChI is InChI=1S/C28H23ClN4O4S/c29-20-4-1-3-18(15-20)24-8-9-25(38-24)28(35)33-13-11-32(12-14-33)26-21(5-2-10-30-26)31-27(34)19-6-7-22-23(16-19)37-17-36-22/h1-10,15-16H,11-14,17H2,(H,31,34). The molecule has 192 valence electrons. The van der Waals surface area contributed by atoms with E-state index < -0.39 is 0 Å². The molecule has 1 fully saturated rings. The number of pyridine rings is 1. The van der Waals surface area contributed by atoms with Crippen LogP contribution >= 0.6 is 22.9 Å². The van der Waals surface area contributed by atoms with E-state index in [-0.39, 0.29) is 18.6 Å². The minimum atomic E-state index is -0.264. The Kier molecular flexibility index (Phi) is 6.61. The molecule has 0 bridgehead atoms. The maximum Gasteiger partial charge on any atom is 0.264 e. The summed E-state index contributed by atoms with van der Waals surface area (Å²) in [4.78, 5) is 36.3. The number of carbonyl (C=O) groups is 2. The maximum atomic E-state index is 13.2. The normalized spacial score (nSPS) is 14.4. The van der Waals surface area contributed by atoms with E-state index >= 15 is 0 Å². The molecule has 0 radical (unpaired) electrons. The van der Waals surface area contributed by atoms with E-state index in [0.717, 1.165) is 10.4 Å². The second kappa shape index (κ2) is 10.4. The third-order valence-electron chi connectivity index (χ3n) is 6.46. The number of benzene rings is 2. The fourth-order valence-corrected chi connectivity index (χ4v) is 5.67. The van der Waals surface area contributed by atoms with Crippen molar-refractivity contribution in [2.45, 2.75) is 0 Å². The number of piperazine rings is 1. The monoisotopic (exact) mass is 546 g/mol. The molecule has 4 aromatic rings. The highest BCUT2D eigenvalue weighted by molar-refractivity contribution is 7.17. The molecule has 0 unspecified atom stereocenters. The first-order chi connectivity index (χ1) is 18.5. The summed E-state index contributed by atoms with van der Waals surface area (Å²) in [5.74, 6) is 1.60. The summed E-state index contributed by atoms with van der Waals surface area (Å²) < 4.78 is 10.7. The number of nitrogens with one attached hydrogen (secondary N) is 1. The lowest BCUT2D eigenvalue weighted by Crippen LogP contribution is -2.49. The molecule has 10 heteroatoms. The number of halogens is 1. The Morgan fingerprint density at radius 2 is 1.76 bits per heavy atom. The molecule has 2 aliphatic rings. The van der Waals surface area contributed by atoms with E-state index in [2.05, 4.69) is 15.2 Å². The van der Waals surface area contributed by atoms with Crippen molar-refractivity contribution in [3.63, 3.8) is 0 Å². The van der Waals surface area contributed by atoms with Crippen LogP contribution in [-0.4, -0.2) is 54.7 Å². The number of thiophene rings is 1. The van der Waals surface area contributed by atoms with Gasteiger partial charge in [-0.25, -0.2) is 4.98 Å². The van der Waals surface area contributed by atoms with E-state index in [1.807, 2.05) is 47.4 Å². The second-order valence-electron chi connectivity index (χ2n) is 8.85. The minimum absolute atomic E-state index is 0.0142. The Labute approximate surface area is 228 Å². The van der Waals surface area contributed by atoms with Gasteiger partial charge in [-0.2, -0.15) is 0 Å². The summed E-state index contributed by atoms with van der Waals surface area (Å²) in [5.41, 5.74) is 2.07. The van der Waals surface area contributed by atoms with Crippen molar-refractivity contribution in [3.05, 3.63) is 88.4 Å². The topological polar surface area (TPSA) is 84.0 Å². The number of ether oxygens (including phenoxy) is 2. The van der Waals surface area contributed by atoms with Crippen LogP contribution in [0.15, 0.2) is 72.9 Å². The number of amides is 2. The zero-order valence-electron chi connectivity index (χ0n) is 20.2. The van der Waals surface area contributed by atoms with Gasteiger partial charge in [0.05, 0.1) is 10.6 Å². The fraction of sp³-hybridized carbons (Fsp3) is 0.179. The van der Waals surface area contributed by atoms with Crippen molar-refractivity contribution in [1.29, 1.82) is 0 Å². The summed E-state index contributed by atoms with van der Waals surface area (Å²) in [6.45, 7) is 2.45. The van der Waals surface area contributed by atoms with Crippen molar-refractivity contribution in [1.82, 2.24) is 9.88 Å². The van der Waals surface area contributed by atoms with Crippen molar-refractivity contribution < 1.29 is 19.1 Å². The average Bonchev–Trinajstić information content (AvgIpc) is 3.63. The predicted octanol–water partition coefficient (Wildman–Crippen LogP) is 5.41. The number of rotatable bonds is 5. The third kappa shape index (κ3) is 4.90. The van der Waals surface area contributed by atoms with Gasteiger partial charge in [-0.15, -0.1) is 11.3 Å². The van der Waals surface area contributed by atoms with Gasteiger partial charge in [-0.1, -0.05) is 23.7 Å². The van der Waals surface area contributed by atoms with E-state index in [0.29, 0.717) is 64.6 Å². The SMILES string of the molecule is O=C(Nc1cccnc1N1CCN(C(=O)c2ccc(-c3cccc(Cl)c3)s2)CC1)c1ccc2c(c1)OCO2. The summed E-state index contributed by atoms with van der Waals surface area (Å²) >= 11 is 7.60. The quantitative estimate of drug-likeness (QED) is 0.360. The zero-order valence-corrected chi connectivity index (χ0v) is 21.8. The summed E-state index contributed by atoms with van der Waals surface area (Å²) in [5, 5.41) is 3.64. The van der Waals surface area contributed by atoms with E-state index in [9.17, 15) is 9.59 Å². The van der Waals surface area contributed by atoms with E-state index in [1.165, 1.54) is 11.3 Å². The average molecular weight is 547 g/mol. The van der Waals surface area contributed by atoms with Crippen molar-refractivity contribution in [2.24, 2.45) is 0 Å². The van der Waals surface area contributed by atoms with Gasteiger partial charge in [0.2, 0.25) is 6.79 Å². The van der Waals surface area contributed by atoms with Gasteiger partial charge in [0, 0.05) is 47.8 Å². The van der Waals surface area contributed by atoms with Crippen LogP contribution in [0.4, 0.5) is 11.5 Å². The first kappa shape index (κ1) is 24.3. The molecule has 0 saturated carbocycles. The molecule has 2 aromatic carbocycles. The van der Waals surface area contributed by atoms with E-state index in [1.54, 1.807) is 30.5 Å². The molecule has 2 aliphatic heterocycles. The molecule has 0 atom stereocenters. The van der Waals surface area contributed by atoms with Gasteiger partial charge in [-0.3, -0.25) is 9.59 Å². The molecule has 2 aromatic heterocycles. The molecule has 8 nitrogen and oxygen atoms in total. The Balaban J connectivity index is 1.11. The summed E-state index contributed by atoms with van der Waals surface area (Å²) in [6.07, 6.45) is 1.70. The number of hydrogen-bond acceptors (Lipinski definition) is 7. The minimum Gasteiger partial charge on any atom is -0.454 e. The van der Waals surface area contributed by atoms with Crippen LogP contribution in [0.1, 0.15) is 20.0 Å². The highest BCUT2D eigenvalue weighted by atomic mass is 35.5. The Bertz CT molecular complexity index is 1520. The van der Waals surface area contributed by atoms with Gasteiger partial charge >= 0.3 is 0 Å². The van der Waals surface area contributed by atoms with Crippen LogP contribution in [0.2, 0.25) is 5.02 Å². The largest absolute Gasteiger partial charge is 0.454 e. The summed E-state index contributed by atoms with van der Waals surface area (Å²) in [7, 11) is 0. The highest BCUT2D eigenvalue weighted by Crippen LogP contribution is 2.34. The van der Waals surface area contributed by atoms with Crippen molar-refractivity contribution in [2.75, 3.05) is 43.2 Å².